The van der Waals surface area contributed by atoms with E-state index in [0.717, 1.165) is 22.7 Å². The molecule has 0 atom stereocenters. The van der Waals surface area contributed by atoms with E-state index in [0.29, 0.717) is 23.5 Å². The van der Waals surface area contributed by atoms with Crippen molar-refractivity contribution in [2.24, 2.45) is 0 Å². The number of carbonyl (C=O) groups excluding carboxylic acids is 2. The Hall–Kier alpha value is -2.57. The third-order valence-electron chi connectivity index (χ3n) is 3.78. The van der Waals surface area contributed by atoms with Crippen LogP contribution >= 0.6 is 23.4 Å². The van der Waals surface area contributed by atoms with Crippen molar-refractivity contribution in [1.29, 1.82) is 0 Å². The zero-order chi connectivity index (χ0) is 19.4. The summed E-state index contributed by atoms with van der Waals surface area (Å²) in [5.41, 5.74) is 1.18. The van der Waals surface area contributed by atoms with Gasteiger partial charge in [-0.15, -0.1) is 0 Å². The molecule has 0 aromatic heterocycles. The molecule has 0 saturated carbocycles. The van der Waals surface area contributed by atoms with Crippen LogP contribution in [-0.4, -0.2) is 22.7 Å². The second kappa shape index (κ2) is 8.41. The van der Waals surface area contributed by atoms with Gasteiger partial charge in [0.15, 0.2) is 0 Å². The van der Waals surface area contributed by atoms with Crippen LogP contribution in [0.1, 0.15) is 11.1 Å². The van der Waals surface area contributed by atoms with Gasteiger partial charge >= 0.3 is 0 Å². The molecule has 1 aliphatic rings. The molecule has 0 unspecified atom stereocenters. The molecule has 138 valence electrons. The molecule has 0 aliphatic carbocycles. The number of rotatable bonds is 6. The number of thioether (sulfide) groups is 1. The van der Waals surface area contributed by atoms with Crippen molar-refractivity contribution in [3.8, 4) is 5.75 Å². The van der Waals surface area contributed by atoms with E-state index in [2.05, 4.69) is 6.58 Å². The number of ether oxygens (including phenoxy) is 1. The van der Waals surface area contributed by atoms with Crippen LogP contribution in [0.15, 0.2) is 60.0 Å². The summed E-state index contributed by atoms with van der Waals surface area (Å²) in [7, 11) is 0. The highest BCUT2D eigenvalue weighted by Gasteiger charge is 2.35. The fraction of sp³-hybridized carbons (Fsp3) is 0.100. The minimum absolute atomic E-state index is 0.0181. The summed E-state index contributed by atoms with van der Waals surface area (Å²) in [6.45, 7) is 3.92. The molecular weight excluding hydrogens is 389 g/mol. The molecule has 2 amide bonds. The van der Waals surface area contributed by atoms with Gasteiger partial charge in [0, 0.05) is 10.6 Å². The summed E-state index contributed by atoms with van der Waals surface area (Å²) in [6.07, 6.45) is 3.24. The molecule has 1 saturated heterocycles. The summed E-state index contributed by atoms with van der Waals surface area (Å²) >= 11 is 6.85. The second-order valence-electron chi connectivity index (χ2n) is 5.64. The molecule has 0 radical (unpaired) electrons. The first kappa shape index (κ1) is 19.2. The highest BCUT2D eigenvalue weighted by molar-refractivity contribution is 8.18. The molecule has 1 heterocycles. The van der Waals surface area contributed by atoms with Crippen molar-refractivity contribution in [3.63, 3.8) is 0 Å². The maximum absolute atomic E-state index is 13.2. The number of para-hydroxylation sites is 1. The van der Waals surface area contributed by atoms with E-state index in [9.17, 15) is 14.0 Å². The second-order valence-corrected chi connectivity index (χ2v) is 7.04. The fourth-order valence-corrected chi connectivity index (χ4v) is 3.53. The maximum Gasteiger partial charge on any atom is 0.293 e. The van der Waals surface area contributed by atoms with Crippen LogP contribution in [0, 0.1) is 5.82 Å². The van der Waals surface area contributed by atoms with Crippen molar-refractivity contribution in [2.75, 3.05) is 6.61 Å². The normalized spacial score (nSPS) is 15.5. The lowest BCUT2D eigenvalue weighted by molar-refractivity contribution is -0.123. The number of carbonyl (C=O) groups is 2. The first-order valence-corrected chi connectivity index (χ1v) is 9.21. The number of imide groups is 1. The predicted octanol–water partition coefficient (Wildman–Crippen LogP) is 5.28. The Morgan fingerprint density at radius 1 is 1.22 bits per heavy atom. The van der Waals surface area contributed by atoms with Gasteiger partial charge in [0.2, 0.25) is 0 Å². The van der Waals surface area contributed by atoms with E-state index in [-0.39, 0.29) is 16.5 Å². The van der Waals surface area contributed by atoms with Crippen LogP contribution in [-0.2, 0) is 11.3 Å². The molecule has 1 fully saturated rings. The van der Waals surface area contributed by atoms with Crippen molar-refractivity contribution in [2.45, 2.75) is 6.54 Å². The summed E-state index contributed by atoms with van der Waals surface area (Å²) in [6, 6.07) is 11.1. The molecule has 4 nitrogen and oxygen atoms in total. The van der Waals surface area contributed by atoms with Crippen LogP contribution in [0.4, 0.5) is 9.18 Å². The molecule has 0 N–H and O–H groups in total. The lowest BCUT2D eigenvalue weighted by Gasteiger charge is -2.13. The van der Waals surface area contributed by atoms with Crippen molar-refractivity contribution in [3.05, 3.63) is 82.0 Å². The minimum Gasteiger partial charge on any atom is -0.489 e. The zero-order valence-corrected chi connectivity index (χ0v) is 15.7. The third kappa shape index (κ3) is 4.40. The van der Waals surface area contributed by atoms with Gasteiger partial charge in [-0.1, -0.05) is 48.5 Å². The van der Waals surface area contributed by atoms with Gasteiger partial charge in [0.1, 0.15) is 18.2 Å². The monoisotopic (exact) mass is 403 g/mol. The van der Waals surface area contributed by atoms with E-state index in [4.69, 9.17) is 16.3 Å². The molecular formula is C20H15ClFNO3S. The smallest absolute Gasteiger partial charge is 0.293 e. The topological polar surface area (TPSA) is 46.6 Å². The zero-order valence-electron chi connectivity index (χ0n) is 14.2. The van der Waals surface area contributed by atoms with Gasteiger partial charge in [-0.3, -0.25) is 14.5 Å². The molecule has 0 bridgehead atoms. The molecule has 2 aromatic carbocycles. The van der Waals surface area contributed by atoms with Crippen LogP contribution in [0.5, 0.6) is 5.75 Å². The third-order valence-corrected chi connectivity index (χ3v) is 5.04. The average Bonchev–Trinajstić information content (AvgIpc) is 2.90. The lowest BCUT2D eigenvalue weighted by Crippen LogP contribution is -2.27. The largest absolute Gasteiger partial charge is 0.489 e. The van der Waals surface area contributed by atoms with Crippen LogP contribution in [0.2, 0.25) is 5.02 Å². The first-order valence-electron chi connectivity index (χ1n) is 8.01. The molecule has 7 heteroatoms. The number of nitrogens with zero attached hydrogens (tertiary/aromatic N) is 1. The van der Waals surface area contributed by atoms with Gasteiger partial charge in [-0.05, 0) is 41.6 Å². The van der Waals surface area contributed by atoms with Crippen molar-refractivity contribution in [1.82, 2.24) is 4.90 Å². The van der Waals surface area contributed by atoms with E-state index in [1.807, 2.05) is 12.1 Å². The Morgan fingerprint density at radius 2 is 2.00 bits per heavy atom. The van der Waals surface area contributed by atoms with E-state index in [1.54, 1.807) is 24.3 Å². The molecule has 2 aromatic rings. The Balaban J connectivity index is 1.84. The molecule has 0 spiro atoms. The van der Waals surface area contributed by atoms with Gasteiger partial charge < -0.3 is 4.74 Å². The van der Waals surface area contributed by atoms with Gasteiger partial charge in [0.05, 0.1) is 11.4 Å². The number of halogens is 2. The number of amides is 2. The first-order chi connectivity index (χ1) is 13.0. The van der Waals surface area contributed by atoms with E-state index >= 15 is 0 Å². The minimum atomic E-state index is -0.478. The van der Waals surface area contributed by atoms with Crippen LogP contribution < -0.4 is 4.74 Å². The Labute approximate surface area is 165 Å². The van der Waals surface area contributed by atoms with Crippen molar-refractivity contribution < 1.29 is 18.7 Å². The number of benzene rings is 2. The summed E-state index contributed by atoms with van der Waals surface area (Å²) in [5.74, 6) is -0.316. The lowest BCUT2D eigenvalue weighted by atomic mass is 10.1. The molecule has 3 rings (SSSR count). The SMILES string of the molecule is C=CCOc1ccccc1/C=C1\SC(=O)N(Cc2ccc(F)cc2Cl)C1=O. The molecule has 1 aliphatic heterocycles. The van der Waals surface area contributed by atoms with Gasteiger partial charge in [-0.25, -0.2) is 4.39 Å². The summed E-state index contributed by atoms with van der Waals surface area (Å²) in [4.78, 5) is 26.3. The highest BCUT2D eigenvalue weighted by Crippen LogP contribution is 2.35. The Bertz CT molecular complexity index is 945. The highest BCUT2D eigenvalue weighted by atomic mass is 35.5. The molecule has 27 heavy (non-hydrogen) atoms. The number of hydrogen-bond acceptors (Lipinski definition) is 4. The van der Waals surface area contributed by atoms with E-state index < -0.39 is 17.0 Å². The van der Waals surface area contributed by atoms with Crippen molar-refractivity contribution >= 4 is 40.6 Å². The fourth-order valence-electron chi connectivity index (χ4n) is 2.48. The Kier molecular flexibility index (Phi) is 5.98. The standard InChI is InChI=1S/C20H15ClFNO3S/c1-2-9-26-17-6-4-3-5-13(17)10-18-19(24)23(20(25)27-18)12-14-7-8-15(22)11-16(14)21/h2-8,10-11H,1,9,12H2/b18-10-. The quantitative estimate of drug-likeness (QED) is 0.486. The maximum atomic E-state index is 13.2. The summed E-state index contributed by atoms with van der Waals surface area (Å²) in [5, 5.41) is -0.239. The van der Waals surface area contributed by atoms with Crippen LogP contribution in [0.3, 0.4) is 0 Å². The van der Waals surface area contributed by atoms with E-state index in [1.165, 1.54) is 12.1 Å². The summed E-state index contributed by atoms with van der Waals surface area (Å²) < 4.78 is 18.8. The Morgan fingerprint density at radius 3 is 2.74 bits per heavy atom. The average molecular weight is 404 g/mol. The van der Waals surface area contributed by atoms with Gasteiger partial charge in [0.25, 0.3) is 11.1 Å². The number of hydrogen-bond donors (Lipinski definition) is 0. The van der Waals surface area contributed by atoms with Gasteiger partial charge in [-0.2, -0.15) is 0 Å². The predicted molar refractivity (Wildman–Crippen MR) is 105 cm³/mol. The van der Waals surface area contributed by atoms with Crippen LogP contribution in [0.25, 0.3) is 6.08 Å².